The Morgan fingerprint density at radius 2 is 1.95 bits per heavy atom. The molecule has 3 heterocycles. The Morgan fingerprint density at radius 1 is 1.19 bits per heavy atom. The molecule has 110 valence electrons. The number of methoxy groups -OCH3 is 1. The van der Waals surface area contributed by atoms with E-state index in [9.17, 15) is 0 Å². The van der Waals surface area contributed by atoms with Crippen LogP contribution in [0.4, 0.5) is 5.95 Å². The third-order valence-corrected chi connectivity index (χ3v) is 3.55. The van der Waals surface area contributed by atoms with E-state index in [0.717, 1.165) is 31.2 Å². The molecule has 2 aromatic rings. The van der Waals surface area contributed by atoms with Crippen LogP contribution in [0.25, 0.3) is 0 Å². The summed E-state index contributed by atoms with van der Waals surface area (Å²) in [6.07, 6.45) is 7.95. The first-order valence-electron chi connectivity index (χ1n) is 6.99. The number of ether oxygens (including phenoxy) is 2. The highest BCUT2D eigenvalue weighted by Gasteiger charge is 2.24. The standard InChI is InChI=1S/C15H18N4O2/c1-20-14-8-17-15(18-9-14)19-7-4-12(10-19)11-21-13-2-5-16-6-3-13/h2-3,5-6,8-9,12H,4,7,10-11H2,1H3. The molecule has 6 nitrogen and oxygen atoms in total. The summed E-state index contributed by atoms with van der Waals surface area (Å²) in [5, 5.41) is 0. The molecule has 1 fully saturated rings. The molecular formula is C15H18N4O2. The van der Waals surface area contributed by atoms with Gasteiger partial charge in [0, 0.05) is 31.4 Å². The molecule has 0 amide bonds. The minimum absolute atomic E-state index is 0.490. The molecule has 0 radical (unpaired) electrons. The highest BCUT2D eigenvalue weighted by atomic mass is 16.5. The van der Waals surface area contributed by atoms with Crippen LogP contribution in [0.3, 0.4) is 0 Å². The van der Waals surface area contributed by atoms with Crippen LogP contribution in [0.5, 0.6) is 11.5 Å². The molecule has 6 heteroatoms. The fourth-order valence-electron chi connectivity index (χ4n) is 2.38. The molecule has 0 bridgehead atoms. The first kappa shape index (κ1) is 13.6. The highest BCUT2D eigenvalue weighted by Crippen LogP contribution is 2.22. The molecule has 1 unspecified atom stereocenters. The third kappa shape index (κ3) is 3.39. The quantitative estimate of drug-likeness (QED) is 0.835. The van der Waals surface area contributed by atoms with Gasteiger partial charge in [0.2, 0.25) is 5.95 Å². The van der Waals surface area contributed by atoms with Crippen LogP contribution in [0.1, 0.15) is 6.42 Å². The minimum atomic E-state index is 0.490. The molecule has 21 heavy (non-hydrogen) atoms. The molecule has 1 aliphatic heterocycles. The van der Waals surface area contributed by atoms with Gasteiger partial charge in [-0.3, -0.25) is 4.98 Å². The van der Waals surface area contributed by atoms with Gasteiger partial charge in [0.05, 0.1) is 26.1 Å². The van der Waals surface area contributed by atoms with Gasteiger partial charge in [0.1, 0.15) is 5.75 Å². The van der Waals surface area contributed by atoms with E-state index >= 15 is 0 Å². The molecule has 1 atom stereocenters. The van der Waals surface area contributed by atoms with Crippen molar-refractivity contribution in [3.05, 3.63) is 36.9 Å². The lowest BCUT2D eigenvalue weighted by molar-refractivity contribution is 0.261. The van der Waals surface area contributed by atoms with Crippen LogP contribution < -0.4 is 14.4 Å². The topological polar surface area (TPSA) is 60.4 Å². The van der Waals surface area contributed by atoms with E-state index in [2.05, 4.69) is 19.9 Å². The monoisotopic (exact) mass is 286 g/mol. The molecule has 3 rings (SSSR count). The van der Waals surface area contributed by atoms with Gasteiger partial charge in [-0.15, -0.1) is 0 Å². The van der Waals surface area contributed by atoms with Crippen LogP contribution in [-0.2, 0) is 0 Å². The Bertz CT molecular complexity index is 562. The van der Waals surface area contributed by atoms with Gasteiger partial charge in [-0.05, 0) is 18.6 Å². The fraction of sp³-hybridized carbons (Fsp3) is 0.400. The van der Waals surface area contributed by atoms with Crippen molar-refractivity contribution in [1.29, 1.82) is 0 Å². The van der Waals surface area contributed by atoms with E-state index in [4.69, 9.17) is 9.47 Å². The maximum atomic E-state index is 5.78. The maximum absolute atomic E-state index is 5.78. The van der Waals surface area contributed by atoms with Crippen molar-refractivity contribution in [2.45, 2.75) is 6.42 Å². The number of hydrogen-bond acceptors (Lipinski definition) is 6. The van der Waals surface area contributed by atoms with Gasteiger partial charge in [0.15, 0.2) is 5.75 Å². The lowest BCUT2D eigenvalue weighted by atomic mass is 10.1. The Kier molecular flexibility index (Phi) is 4.14. The average molecular weight is 286 g/mol. The molecule has 1 saturated heterocycles. The van der Waals surface area contributed by atoms with Gasteiger partial charge >= 0.3 is 0 Å². The minimum Gasteiger partial charge on any atom is -0.494 e. The van der Waals surface area contributed by atoms with Crippen LogP contribution in [0.15, 0.2) is 36.9 Å². The second kappa shape index (κ2) is 6.39. The van der Waals surface area contributed by atoms with Crippen molar-refractivity contribution in [3.63, 3.8) is 0 Å². The number of nitrogens with zero attached hydrogens (tertiary/aromatic N) is 4. The van der Waals surface area contributed by atoms with E-state index in [1.807, 2.05) is 12.1 Å². The van der Waals surface area contributed by atoms with E-state index in [1.54, 1.807) is 31.9 Å². The third-order valence-electron chi connectivity index (χ3n) is 3.55. The smallest absolute Gasteiger partial charge is 0.225 e. The molecule has 0 saturated carbocycles. The lowest BCUT2D eigenvalue weighted by Crippen LogP contribution is -2.23. The number of hydrogen-bond donors (Lipinski definition) is 0. The van der Waals surface area contributed by atoms with Gasteiger partial charge < -0.3 is 14.4 Å². The van der Waals surface area contributed by atoms with Crippen LogP contribution in [0, 0.1) is 5.92 Å². The first-order chi connectivity index (χ1) is 10.3. The van der Waals surface area contributed by atoms with Gasteiger partial charge in [-0.2, -0.15) is 0 Å². The molecule has 0 aliphatic carbocycles. The Hall–Kier alpha value is -2.37. The Morgan fingerprint density at radius 3 is 2.67 bits per heavy atom. The lowest BCUT2D eigenvalue weighted by Gasteiger charge is -2.16. The summed E-state index contributed by atoms with van der Waals surface area (Å²) in [5.41, 5.74) is 0. The molecule has 2 aromatic heterocycles. The fourth-order valence-corrected chi connectivity index (χ4v) is 2.38. The number of pyridine rings is 1. The number of aromatic nitrogens is 3. The summed E-state index contributed by atoms with van der Waals surface area (Å²) in [7, 11) is 1.61. The van der Waals surface area contributed by atoms with E-state index in [0.29, 0.717) is 18.3 Å². The van der Waals surface area contributed by atoms with Crippen LogP contribution in [-0.4, -0.2) is 41.8 Å². The predicted molar refractivity (Wildman–Crippen MR) is 78.6 cm³/mol. The zero-order valence-electron chi connectivity index (χ0n) is 12.0. The van der Waals surface area contributed by atoms with E-state index in [1.165, 1.54) is 0 Å². The second-order valence-corrected chi connectivity index (χ2v) is 5.02. The van der Waals surface area contributed by atoms with Crippen molar-refractivity contribution in [2.75, 3.05) is 31.7 Å². The SMILES string of the molecule is COc1cnc(N2CCC(COc3ccncc3)C2)nc1. The summed E-state index contributed by atoms with van der Waals surface area (Å²) in [6, 6.07) is 3.75. The Balaban J connectivity index is 1.52. The summed E-state index contributed by atoms with van der Waals surface area (Å²) >= 11 is 0. The van der Waals surface area contributed by atoms with Crippen molar-refractivity contribution in [1.82, 2.24) is 15.0 Å². The zero-order valence-corrected chi connectivity index (χ0v) is 12.0. The molecular weight excluding hydrogens is 268 g/mol. The highest BCUT2D eigenvalue weighted by molar-refractivity contribution is 5.33. The van der Waals surface area contributed by atoms with Gasteiger partial charge in [-0.25, -0.2) is 9.97 Å². The molecule has 0 spiro atoms. The summed E-state index contributed by atoms with van der Waals surface area (Å²) in [4.78, 5) is 14.8. The van der Waals surface area contributed by atoms with Crippen molar-refractivity contribution < 1.29 is 9.47 Å². The zero-order chi connectivity index (χ0) is 14.5. The molecule has 1 aliphatic rings. The van der Waals surface area contributed by atoms with Crippen molar-refractivity contribution >= 4 is 5.95 Å². The van der Waals surface area contributed by atoms with E-state index < -0.39 is 0 Å². The van der Waals surface area contributed by atoms with Crippen molar-refractivity contribution in [3.8, 4) is 11.5 Å². The second-order valence-electron chi connectivity index (χ2n) is 5.02. The molecule has 0 aromatic carbocycles. The average Bonchev–Trinajstić information content (AvgIpc) is 3.03. The summed E-state index contributed by atoms with van der Waals surface area (Å²) in [6.45, 7) is 2.57. The number of rotatable bonds is 5. The normalized spacial score (nSPS) is 17.8. The van der Waals surface area contributed by atoms with Gasteiger partial charge in [0.25, 0.3) is 0 Å². The molecule has 0 N–H and O–H groups in total. The summed E-state index contributed by atoms with van der Waals surface area (Å²) < 4.78 is 10.9. The van der Waals surface area contributed by atoms with E-state index in [-0.39, 0.29) is 0 Å². The predicted octanol–water partition coefficient (Wildman–Crippen LogP) is 1.79. The maximum Gasteiger partial charge on any atom is 0.225 e. The van der Waals surface area contributed by atoms with Crippen LogP contribution >= 0.6 is 0 Å². The first-order valence-corrected chi connectivity index (χ1v) is 6.99. The summed E-state index contributed by atoms with van der Waals surface area (Å²) in [5.74, 6) is 2.78. The largest absolute Gasteiger partial charge is 0.494 e. The van der Waals surface area contributed by atoms with Crippen LogP contribution in [0.2, 0.25) is 0 Å². The number of anilines is 1. The van der Waals surface area contributed by atoms with Gasteiger partial charge in [-0.1, -0.05) is 0 Å². The van der Waals surface area contributed by atoms with Crippen molar-refractivity contribution in [2.24, 2.45) is 5.92 Å². The Labute approximate surface area is 123 Å².